The summed E-state index contributed by atoms with van der Waals surface area (Å²) in [5.74, 6) is 0.0992. The molecule has 0 bridgehead atoms. The summed E-state index contributed by atoms with van der Waals surface area (Å²) < 4.78 is 0. The Bertz CT molecular complexity index is 329. The molecule has 19 heavy (non-hydrogen) atoms. The van der Waals surface area contributed by atoms with Gasteiger partial charge in [-0.15, -0.1) is 0 Å². The fourth-order valence-corrected chi connectivity index (χ4v) is 2.77. The number of urea groups is 1. The van der Waals surface area contributed by atoms with Gasteiger partial charge in [0.05, 0.1) is 0 Å². The van der Waals surface area contributed by atoms with Crippen LogP contribution in [0.4, 0.5) is 4.79 Å². The van der Waals surface area contributed by atoms with Crippen LogP contribution in [0.2, 0.25) is 0 Å². The monoisotopic (exact) mass is 268 g/mol. The standard InChI is InChI=1S/C13H24N4O2/c1-2-14-13(19)17-7-5-11(9-17)16-12(18)8-10-4-3-6-15-10/h10-11,15H,2-9H2,1H3,(H,14,19)(H,16,18). The normalized spacial score (nSPS) is 26.5. The number of carbonyl (C=O) groups excluding carboxylic acids is 2. The van der Waals surface area contributed by atoms with Gasteiger partial charge in [0.25, 0.3) is 0 Å². The summed E-state index contributed by atoms with van der Waals surface area (Å²) in [5.41, 5.74) is 0. The zero-order chi connectivity index (χ0) is 13.7. The summed E-state index contributed by atoms with van der Waals surface area (Å²) in [7, 11) is 0. The van der Waals surface area contributed by atoms with Gasteiger partial charge in [0.15, 0.2) is 0 Å². The maximum atomic E-state index is 11.9. The Morgan fingerprint density at radius 1 is 1.37 bits per heavy atom. The van der Waals surface area contributed by atoms with Crippen LogP contribution >= 0.6 is 0 Å². The van der Waals surface area contributed by atoms with E-state index in [0.29, 0.717) is 25.6 Å². The molecule has 2 rings (SSSR count). The van der Waals surface area contributed by atoms with E-state index in [-0.39, 0.29) is 18.0 Å². The van der Waals surface area contributed by atoms with Gasteiger partial charge < -0.3 is 20.9 Å². The molecule has 108 valence electrons. The number of hydrogen-bond donors (Lipinski definition) is 3. The molecule has 2 fully saturated rings. The van der Waals surface area contributed by atoms with E-state index < -0.39 is 0 Å². The fraction of sp³-hybridized carbons (Fsp3) is 0.846. The van der Waals surface area contributed by atoms with Crippen molar-refractivity contribution in [1.29, 1.82) is 0 Å². The summed E-state index contributed by atoms with van der Waals surface area (Å²) in [4.78, 5) is 25.3. The number of nitrogens with one attached hydrogen (secondary N) is 3. The van der Waals surface area contributed by atoms with Crippen LogP contribution < -0.4 is 16.0 Å². The molecule has 2 saturated heterocycles. The molecule has 6 nitrogen and oxygen atoms in total. The molecule has 6 heteroatoms. The van der Waals surface area contributed by atoms with Gasteiger partial charge in [-0.25, -0.2) is 4.79 Å². The van der Waals surface area contributed by atoms with Crippen molar-refractivity contribution in [3.8, 4) is 0 Å². The van der Waals surface area contributed by atoms with E-state index in [4.69, 9.17) is 0 Å². The van der Waals surface area contributed by atoms with E-state index in [1.807, 2.05) is 6.92 Å². The molecule has 3 amide bonds. The van der Waals surface area contributed by atoms with Gasteiger partial charge in [0.1, 0.15) is 0 Å². The fourth-order valence-electron chi connectivity index (χ4n) is 2.77. The van der Waals surface area contributed by atoms with Crippen LogP contribution in [0, 0.1) is 0 Å². The lowest BCUT2D eigenvalue weighted by Gasteiger charge is -2.18. The zero-order valence-electron chi connectivity index (χ0n) is 11.6. The highest BCUT2D eigenvalue weighted by Gasteiger charge is 2.27. The van der Waals surface area contributed by atoms with E-state index in [9.17, 15) is 9.59 Å². The van der Waals surface area contributed by atoms with Crippen molar-refractivity contribution in [3.63, 3.8) is 0 Å². The van der Waals surface area contributed by atoms with Crippen molar-refractivity contribution in [2.75, 3.05) is 26.2 Å². The lowest BCUT2D eigenvalue weighted by Crippen LogP contribution is -2.43. The Morgan fingerprint density at radius 3 is 2.89 bits per heavy atom. The molecular formula is C13H24N4O2. The molecule has 0 radical (unpaired) electrons. The smallest absolute Gasteiger partial charge is 0.317 e. The molecule has 2 aliphatic rings. The van der Waals surface area contributed by atoms with Crippen molar-refractivity contribution >= 4 is 11.9 Å². The molecule has 0 aromatic heterocycles. The summed E-state index contributed by atoms with van der Waals surface area (Å²) in [5, 5.41) is 9.14. The van der Waals surface area contributed by atoms with Gasteiger partial charge in [-0.3, -0.25) is 4.79 Å². The number of rotatable bonds is 4. The molecule has 2 unspecified atom stereocenters. The summed E-state index contributed by atoms with van der Waals surface area (Å²) in [6.07, 6.45) is 3.65. The van der Waals surface area contributed by atoms with E-state index in [1.54, 1.807) is 4.90 Å². The van der Waals surface area contributed by atoms with E-state index in [2.05, 4.69) is 16.0 Å². The highest BCUT2D eigenvalue weighted by atomic mass is 16.2. The maximum Gasteiger partial charge on any atom is 0.317 e. The van der Waals surface area contributed by atoms with E-state index in [0.717, 1.165) is 32.4 Å². The Hall–Kier alpha value is -1.30. The average molecular weight is 268 g/mol. The molecule has 0 aromatic rings. The average Bonchev–Trinajstić information content (AvgIpc) is 3.00. The van der Waals surface area contributed by atoms with Crippen LogP contribution in [0.5, 0.6) is 0 Å². The minimum absolute atomic E-state index is 0.0308. The van der Waals surface area contributed by atoms with Crippen LogP contribution in [-0.4, -0.2) is 55.1 Å². The first-order valence-corrected chi connectivity index (χ1v) is 7.24. The molecule has 2 aliphatic heterocycles. The highest BCUT2D eigenvalue weighted by Crippen LogP contribution is 2.11. The second-order valence-corrected chi connectivity index (χ2v) is 5.33. The SMILES string of the molecule is CCNC(=O)N1CCC(NC(=O)CC2CCCN2)C1. The van der Waals surface area contributed by atoms with Gasteiger partial charge in [0, 0.05) is 38.1 Å². The molecule has 0 saturated carbocycles. The third-order valence-corrected chi connectivity index (χ3v) is 3.76. The van der Waals surface area contributed by atoms with Crippen LogP contribution in [0.25, 0.3) is 0 Å². The molecule has 0 aromatic carbocycles. The minimum Gasteiger partial charge on any atom is -0.351 e. The molecule has 2 atom stereocenters. The quantitative estimate of drug-likeness (QED) is 0.674. The second kappa shape index (κ2) is 6.75. The zero-order valence-corrected chi connectivity index (χ0v) is 11.6. The first kappa shape index (κ1) is 14.1. The lowest BCUT2D eigenvalue weighted by molar-refractivity contribution is -0.122. The van der Waals surface area contributed by atoms with Gasteiger partial charge >= 0.3 is 6.03 Å². The minimum atomic E-state index is -0.0308. The first-order valence-electron chi connectivity index (χ1n) is 7.24. The predicted octanol–water partition coefficient (Wildman–Crippen LogP) is 0.0485. The van der Waals surface area contributed by atoms with Crippen LogP contribution in [0.15, 0.2) is 0 Å². The highest BCUT2D eigenvalue weighted by molar-refractivity contribution is 5.78. The molecular weight excluding hydrogens is 244 g/mol. The van der Waals surface area contributed by atoms with Gasteiger partial charge in [0.2, 0.25) is 5.91 Å². The van der Waals surface area contributed by atoms with Crippen molar-refractivity contribution in [2.24, 2.45) is 0 Å². The van der Waals surface area contributed by atoms with Gasteiger partial charge in [-0.1, -0.05) is 0 Å². The second-order valence-electron chi connectivity index (χ2n) is 5.33. The predicted molar refractivity (Wildman–Crippen MR) is 72.8 cm³/mol. The molecule has 3 N–H and O–H groups in total. The number of likely N-dealkylation sites (tertiary alicyclic amines) is 1. The number of carbonyl (C=O) groups is 2. The Balaban J connectivity index is 1.69. The van der Waals surface area contributed by atoms with Crippen molar-refractivity contribution in [2.45, 2.75) is 44.7 Å². The van der Waals surface area contributed by atoms with Crippen molar-refractivity contribution in [3.05, 3.63) is 0 Å². The molecule has 0 aliphatic carbocycles. The Labute approximate surface area is 114 Å². The van der Waals surface area contributed by atoms with Crippen LogP contribution in [0.3, 0.4) is 0 Å². The Morgan fingerprint density at radius 2 is 2.21 bits per heavy atom. The Kier molecular flexibility index (Phi) is 5.01. The van der Waals surface area contributed by atoms with Gasteiger partial charge in [-0.05, 0) is 32.7 Å². The summed E-state index contributed by atoms with van der Waals surface area (Å²) in [6, 6.07) is 0.411. The van der Waals surface area contributed by atoms with E-state index in [1.165, 1.54) is 0 Å². The molecule has 0 spiro atoms. The van der Waals surface area contributed by atoms with Crippen LogP contribution in [0.1, 0.15) is 32.6 Å². The lowest BCUT2D eigenvalue weighted by atomic mass is 10.1. The summed E-state index contributed by atoms with van der Waals surface area (Å²) >= 11 is 0. The third-order valence-electron chi connectivity index (χ3n) is 3.76. The number of amides is 3. The maximum absolute atomic E-state index is 11.9. The van der Waals surface area contributed by atoms with Crippen molar-refractivity contribution in [1.82, 2.24) is 20.9 Å². The third kappa shape index (κ3) is 4.09. The molecule has 2 heterocycles. The van der Waals surface area contributed by atoms with E-state index >= 15 is 0 Å². The number of nitrogens with zero attached hydrogens (tertiary/aromatic N) is 1. The number of hydrogen-bond acceptors (Lipinski definition) is 3. The van der Waals surface area contributed by atoms with Crippen molar-refractivity contribution < 1.29 is 9.59 Å². The largest absolute Gasteiger partial charge is 0.351 e. The first-order chi connectivity index (χ1) is 9.19. The van der Waals surface area contributed by atoms with Gasteiger partial charge in [-0.2, -0.15) is 0 Å². The summed E-state index contributed by atoms with van der Waals surface area (Å²) in [6.45, 7) is 4.90. The van der Waals surface area contributed by atoms with Crippen LogP contribution in [-0.2, 0) is 4.79 Å². The topological polar surface area (TPSA) is 73.5 Å².